The first kappa shape index (κ1) is 23.2. The van der Waals surface area contributed by atoms with Gasteiger partial charge in [0.1, 0.15) is 12.3 Å². The minimum Gasteiger partial charge on any atom is -0.472 e. The SMILES string of the molecule is CC(C)CC(NC(=O)c1cnc(OCc2ccccc2)cn1)c1cccc(C(F)(F)F)c1. The van der Waals surface area contributed by atoms with Gasteiger partial charge in [-0.3, -0.25) is 4.79 Å². The molecule has 1 heterocycles. The number of amides is 1. The Balaban J connectivity index is 1.69. The smallest absolute Gasteiger partial charge is 0.416 e. The molecule has 1 unspecified atom stereocenters. The van der Waals surface area contributed by atoms with Gasteiger partial charge in [0.15, 0.2) is 0 Å². The largest absolute Gasteiger partial charge is 0.472 e. The van der Waals surface area contributed by atoms with Crippen molar-refractivity contribution in [3.63, 3.8) is 0 Å². The third kappa shape index (κ3) is 6.54. The van der Waals surface area contributed by atoms with Crippen LogP contribution in [0.1, 0.15) is 53.5 Å². The molecule has 0 saturated carbocycles. The van der Waals surface area contributed by atoms with Crippen LogP contribution in [0.5, 0.6) is 5.88 Å². The van der Waals surface area contributed by atoms with Gasteiger partial charge in [0.25, 0.3) is 5.91 Å². The zero-order valence-electron chi connectivity index (χ0n) is 17.8. The normalized spacial score (nSPS) is 12.4. The molecule has 0 fully saturated rings. The van der Waals surface area contributed by atoms with E-state index in [9.17, 15) is 18.0 Å². The summed E-state index contributed by atoms with van der Waals surface area (Å²) >= 11 is 0. The lowest BCUT2D eigenvalue weighted by Gasteiger charge is -2.22. The molecule has 1 amide bonds. The van der Waals surface area contributed by atoms with Gasteiger partial charge < -0.3 is 10.1 Å². The van der Waals surface area contributed by atoms with Crippen LogP contribution in [-0.4, -0.2) is 15.9 Å². The number of carbonyl (C=O) groups excluding carboxylic acids is 1. The van der Waals surface area contributed by atoms with E-state index in [0.717, 1.165) is 17.7 Å². The van der Waals surface area contributed by atoms with Crippen molar-refractivity contribution in [2.24, 2.45) is 5.92 Å². The summed E-state index contributed by atoms with van der Waals surface area (Å²) in [7, 11) is 0. The fourth-order valence-corrected chi connectivity index (χ4v) is 3.15. The molecule has 8 heteroatoms. The van der Waals surface area contributed by atoms with Crippen LogP contribution in [0.15, 0.2) is 67.0 Å². The molecule has 0 bridgehead atoms. The zero-order chi connectivity index (χ0) is 23.1. The van der Waals surface area contributed by atoms with E-state index < -0.39 is 23.7 Å². The van der Waals surface area contributed by atoms with Crippen LogP contribution in [0, 0.1) is 5.92 Å². The van der Waals surface area contributed by atoms with Crippen LogP contribution in [-0.2, 0) is 12.8 Å². The minimum absolute atomic E-state index is 0.0535. The molecule has 2 aromatic carbocycles. The monoisotopic (exact) mass is 443 g/mol. The molecular formula is C24H24F3N3O2. The van der Waals surface area contributed by atoms with Gasteiger partial charge in [0.05, 0.1) is 24.0 Å². The summed E-state index contributed by atoms with van der Waals surface area (Å²) in [5.74, 6) is -0.105. The summed E-state index contributed by atoms with van der Waals surface area (Å²) in [6.45, 7) is 4.18. The predicted octanol–water partition coefficient (Wildman–Crippen LogP) is 5.59. The molecule has 0 radical (unpaired) electrons. The Kier molecular flexibility index (Phi) is 7.45. The summed E-state index contributed by atoms with van der Waals surface area (Å²) in [5.41, 5.74) is 0.655. The lowest BCUT2D eigenvalue weighted by molar-refractivity contribution is -0.137. The molecule has 0 aliphatic heterocycles. The number of benzene rings is 2. The number of alkyl halides is 3. The standard InChI is InChI=1S/C24H24F3N3O2/c1-16(2)11-20(18-9-6-10-19(12-18)24(25,26)27)30-23(31)21-13-29-22(14-28-21)32-15-17-7-4-3-5-8-17/h3-10,12-14,16,20H,11,15H2,1-2H3,(H,30,31). The van der Waals surface area contributed by atoms with E-state index in [1.54, 1.807) is 6.07 Å². The van der Waals surface area contributed by atoms with Crippen molar-refractivity contribution in [3.8, 4) is 5.88 Å². The third-order valence-electron chi connectivity index (χ3n) is 4.72. The fraction of sp³-hybridized carbons (Fsp3) is 0.292. The summed E-state index contributed by atoms with van der Waals surface area (Å²) in [6.07, 6.45) is -1.35. The first-order chi connectivity index (χ1) is 15.2. The van der Waals surface area contributed by atoms with Gasteiger partial charge in [-0.2, -0.15) is 13.2 Å². The lowest BCUT2D eigenvalue weighted by Crippen LogP contribution is -2.30. The van der Waals surface area contributed by atoms with E-state index in [-0.39, 0.29) is 17.5 Å². The highest BCUT2D eigenvalue weighted by atomic mass is 19.4. The molecule has 0 aliphatic carbocycles. The zero-order valence-corrected chi connectivity index (χ0v) is 17.8. The maximum atomic E-state index is 13.1. The molecule has 1 atom stereocenters. The Morgan fingerprint density at radius 2 is 1.78 bits per heavy atom. The number of hydrogen-bond acceptors (Lipinski definition) is 4. The highest BCUT2D eigenvalue weighted by Gasteiger charge is 2.31. The van der Waals surface area contributed by atoms with Crippen LogP contribution in [0.25, 0.3) is 0 Å². The van der Waals surface area contributed by atoms with Crippen molar-refractivity contribution >= 4 is 5.91 Å². The number of halogens is 3. The number of hydrogen-bond donors (Lipinski definition) is 1. The number of carbonyl (C=O) groups is 1. The first-order valence-corrected chi connectivity index (χ1v) is 10.2. The number of rotatable bonds is 8. The number of nitrogens with zero attached hydrogens (tertiary/aromatic N) is 2. The van der Waals surface area contributed by atoms with Gasteiger partial charge in [-0.15, -0.1) is 0 Å². The average molecular weight is 443 g/mol. The second-order valence-electron chi connectivity index (χ2n) is 7.79. The van der Waals surface area contributed by atoms with Crippen LogP contribution in [0.4, 0.5) is 13.2 Å². The van der Waals surface area contributed by atoms with Crippen LogP contribution in [0.2, 0.25) is 0 Å². The Morgan fingerprint density at radius 3 is 2.41 bits per heavy atom. The van der Waals surface area contributed by atoms with Gasteiger partial charge in [0.2, 0.25) is 5.88 Å². The Hall–Kier alpha value is -3.42. The highest BCUT2D eigenvalue weighted by Crippen LogP contribution is 2.32. The number of nitrogens with one attached hydrogen (secondary N) is 1. The molecule has 32 heavy (non-hydrogen) atoms. The predicted molar refractivity (Wildman–Crippen MR) is 114 cm³/mol. The first-order valence-electron chi connectivity index (χ1n) is 10.2. The highest BCUT2D eigenvalue weighted by molar-refractivity contribution is 5.92. The van der Waals surface area contributed by atoms with Crippen LogP contribution < -0.4 is 10.1 Å². The summed E-state index contributed by atoms with van der Waals surface area (Å²) in [6, 6.07) is 13.9. The maximum Gasteiger partial charge on any atom is 0.416 e. The van der Waals surface area contributed by atoms with Crippen molar-refractivity contribution in [1.29, 1.82) is 0 Å². The number of ether oxygens (including phenoxy) is 1. The molecule has 3 aromatic rings. The Morgan fingerprint density at radius 1 is 1.03 bits per heavy atom. The molecule has 0 saturated heterocycles. The third-order valence-corrected chi connectivity index (χ3v) is 4.72. The van der Waals surface area contributed by atoms with E-state index in [1.807, 2.05) is 44.2 Å². The van der Waals surface area contributed by atoms with E-state index in [0.29, 0.717) is 18.6 Å². The lowest BCUT2D eigenvalue weighted by atomic mass is 9.95. The molecule has 3 rings (SSSR count). The Bertz CT molecular complexity index is 1020. The van der Waals surface area contributed by atoms with Crippen LogP contribution in [0.3, 0.4) is 0 Å². The van der Waals surface area contributed by atoms with Gasteiger partial charge in [0, 0.05) is 0 Å². The van der Waals surface area contributed by atoms with E-state index in [2.05, 4.69) is 15.3 Å². The molecule has 1 N–H and O–H groups in total. The summed E-state index contributed by atoms with van der Waals surface area (Å²) in [4.78, 5) is 20.9. The van der Waals surface area contributed by atoms with Crippen molar-refractivity contribution in [2.45, 2.75) is 39.1 Å². The summed E-state index contributed by atoms with van der Waals surface area (Å²) < 4.78 is 44.9. The molecule has 5 nitrogen and oxygen atoms in total. The second-order valence-corrected chi connectivity index (χ2v) is 7.79. The molecule has 0 aliphatic rings. The molecule has 1 aromatic heterocycles. The fourth-order valence-electron chi connectivity index (χ4n) is 3.15. The van der Waals surface area contributed by atoms with E-state index in [1.165, 1.54) is 18.5 Å². The van der Waals surface area contributed by atoms with Crippen LogP contribution >= 0.6 is 0 Å². The van der Waals surface area contributed by atoms with Gasteiger partial charge in [-0.05, 0) is 35.6 Å². The maximum absolute atomic E-state index is 13.1. The average Bonchev–Trinajstić information content (AvgIpc) is 2.77. The van der Waals surface area contributed by atoms with Crippen molar-refractivity contribution < 1.29 is 22.7 Å². The van der Waals surface area contributed by atoms with Gasteiger partial charge in [-0.1, -0.05) is 56.3 Å². The number of aromatic nitrogens is 2. The van der Waals surface area contributed by atoms with Crippen molar-refractivity contribution in [1.82, 2.24) is 15.3 Å². The van der Waals surface area contributed by atoms with Crippen molar-refractivity contribution in [3.05, 3.63) is 89.4 Å². The molecule has 168 valence electrons. The van der Waals surface area contributed by atoms with E-state index in [4.69, 9.17) is 4.74 Å². The quantitative estimate of drug-likeness (QED) is 0.493. The van der Waals surface area contributed by atoms with E-state index >= 15 is 0 Å². The van der Waals surface area contributed by atoms with Gasteiger partial charge >= 0.3 is 6.18 Å². The van der Waals surface area contributed by atoms with Gasteiger partial charge in [-0.25, -0.2) is 9.97 Å². The summed E-state index contributed by atoms with van der Waals surface area (Å²) in [5, 5.41) is 2.79. The molecule has 0 spiro atoms. The minimum atomic E-state index is -4.45. The molecular weight excluding hydrogens is 419 g/mol. The Labute approximate surface area is 184 Å². The second kappa shape index (κ2) is 10.3. The van der Waals surface area contributed by atoms with Crippen molar-refractivity contribution in [2.75, 3.05) is 0 Å². The topological polar surface area (TPSA) is 64.1 Å².